The first-order chi connectivity index (χ1) is 12.3. The molecule has 0 atom stereocenters. The van der Waals surface area contributed by atoms with Crippen LogP contribution in [0, 0.1) is 6.92 Å². The van der Waals surface area contributed by atoms with Crippen molar-refractivity contribution in [2.75, 3.05) is 0 Å². The van der Waals surface area contributed by atoms with Gasteiger partial charge in [-0.2, -0.15) is 0 Å². The predicted octanol–water partition coefficient (Wildman–Crippen LogP) is 7.40. The SMILES string of the molecule is Cc1ccc(N=C(C=CSc2ccccc2)SC2CCCCC2)cc1. The molecule has 2 aromatic rings. The second-order valence-electron chi connectivity index (χ2n) is 6.40. The average molecular weight is 368 g/mol. The van der Waals surface area contributed by atoms with E-state index in [4.69, 9.17) is 4.99 Å². The van der Waals surface area contributed by atoms with Crippen LogP contribution in [-0.2, 0) is 0 Å². The minimum Gasteiger partial charge on any atom is -0.242 e. The Morgan fingerprint density at radius 1 is 0.960 bits per heavy atom. The van der Waals surface area contributed by atoms with E-state index in [0.717, 1.165) is 10.7 Å². The van der Waals surface area contributed by atoms with E-state index in [2.05, 4.69) is 73.0 Å². The lowest BCUT2D eigenvalue weighted by Gasteiger charge is -2.20. The maximum Gasteiger partial charge on any atom is 0.0975 e. The van der Waals surface area contributed by atoms with Gasteiger partial charge in [0.05, 0.1) is 10.7 Å². The second-order valence-corrected chi connectivity index (χ2v) is 8.70. The molecular formula is C22H25NS2. The second kappa shape index (κ2) is 9.88. The molecule has 0 spiro atoms. The first-order valence-electron chi connectivity index (χ1n) is 9.00. The van der Waals surface area contributed by atoms with Crippen molar-refractivity contribution in [3.63, 3.8) is 0 Å². The molecule has 3 rings (SSSR count). The van der Waals surface area contributed by atoms with E-state index < -0.39 is 0 Å². The van der Waals surface area contributed by atoms with Gasteiger partial charge in [-0.05, 0) is 55.5 Å². The van der Waals surface area contributed by atoms with Crippen molar-refractivity contribution in [2.45, 2.75) is 49.2 Å². The Balaban J connectivity index is 1.71. The number of rotatable bonds is 5. The number of aryl methyl sites for hydroxylation is 1. The van der Waals surface area contributed by atoms with Crippen LogP contribution in [0.4, 0.5) is 5.69 Å². The average Bonchev–Trinajstić information content (AvgIpc) is 2.65. The normalized spacial score (nSPS) is 16.4. The molecule has 1 fully saturated rings. The molecule has 3 heteroatoms. The zero-order chi connectivity index (χ0) is 17.3. The molecule has 0 aliphatic heterocycles. The minimum atomic E-state index is 0.712. The van der Waals surface area contributed by atoms with Gasteiger partial charge in [0.15, 0.2) is 0 Å². The smallest absolute Gasteiger partial charge is 0.0975 e. The van der Waals surface area contributed by atoms with E-state index in [1.54, 1.807) is 11.8 Å². The highest BCUT2D eigenvalue weighted by molar-refractivity contribution is 8.15. The first-order valence-corrected chi connectivity index (χ1v) is 10.8. The molecule has 1 aliphatic carbocycles. The molecule has 1 saturated carbocycles. The Kier molecular flexibility index (Phi) is 7.25. The third-order valence-corrected chi connectivity index (χ3v) is 6.36. The standard InChI is InChI=1S/C22H25NS2/c1-18-12-14-19(15-13-18)23-22(25-21-10-6-3-7-11-21)16-17-24-20-8-4-2-5-9-20/h2,4-5,8-9,12-17,21H,3,6-7,10-11H2,1H3. The maximum atomic E-state index is 4.90. The van der Waals surface area contributed by atoms with E-state index in [0.29, 0.717) is 5.25 Å². The molecule has 0 unspecified atom stereocenters. The van der Waals surface area contributed by atoms with Crippen molar-refractivity contribution in [3.8, 4) is 0 Å². The molecule has 0 aromatic heterocycles. The van der Waals surface area contributed by atoms with E-state index in [9.17, 15) is 0 Å². The van der Waals surface area contributed by atoms with Crippen molar-refractivity contribution in [1.82, 2.24) is 0 Å². The molecule has 0 amide bonds. The summed E-state index contributed by atoms with van der Waals surface area (Å²) in [6.45, 7) is 2.11. The third-order valence-electron chi connectivity index (χ3n) is 4.27. The van der Waals surface area contributed by atoms with Gasteiger partial charge in [0.2, 0.25) is 0 Å². The summed E-state index contributed by atoms with van der Waals surface area (Å²) < 4.78 is 0. The molecule has 25 heavy (non-hydrogen) atoms. The highest BCUT2D eigenvalue weighted by Gasteiger charge is 2.15. The summed E-state index contributed by atoms with van der Waals surface area (Å²) in [5.74, 6) is 0. The van der Waals surface area contributed by atoms with Crippen molar-refractivity contribution < 1.29 is 0 Å². The number of hydrogen-bond donors (Lipinski definition) is 0. The summed E-state index contributed by atoms with van der Waals surface area (Å²) in [7, 11) is 0. The highest BCUT2D eigenvalue weighted by Crippen LogP contribution is 2.31. The van der Waals surface area contributed by atoms with Crippen LogP contribution in [0.3, 0.4) is 0 Å². The molecule has 0 radical (unpaired) electrons. The van der Waals surface area contributed by atoms with Crippen molar-refractivity contribution in [3.05, 3.63) is 71.6 Å². The van der Waals surface area contributed by atoms with Crippen LogP contribution in [0.5, 0.6) is 0 Å². The van der Waals surface area contributed by atoms with Crippen LogP contribution in [0.15, 0.2) is 76.0 Å². The Morgan fingerprint density at radius 2 is 1.68 bits per heavy atom. The quantitative estimate of drug-likeness (QED) is 0.310. The van der Waals surface area contributed by atoms with E-state index in [-0.39, 0.29) is 0 Å². The summed E-state index contributed by atoms with van der Waals surface area (Å²) >= 11 is 3.70. The molecule has 0 N–H and O–H groups in total. The first kappa shape index (κ1) is 18.3. The van der Waals surface area contributed by atoms with Gasteiger partial charge < -0.3 is 0 Å². The number of hydrogen-bond acceptors (Lipinski definition) is 3. The number of thioether (sulfide) groups is 2. The zero-order valence-electron chi connectivity index (χ0n) is 14.7. The van der Waals surface area contributed by atoms with E-state index in [1.165, 1.54) is 42.6 Å². The van der Waals surface area contributed by atoms with Gasteiger partial charge in [0.1, 0.15) is 0 Å². The summed E-state index contributed by atoms with van der Waals surface area (Å²) in [6, 6.07) is 19.0. The van der Waals surface area contributed by atoms with E-state index in [1.807, 2.05) is 11.8 Å². The van der Waals surface area contributed by atoms with Crippen LogP contribution in [0.2, 0.25) is 0 Å². The predicted molar refractivity (Wildman–Crippen MR) is 114 cm³/mol. The highest BCUT2D eigenvalue weighted by atomic mass is 32.2. The minimum absolute atomic E-state index is 0.712. The van der Waals surface area contributed by atoms with Crippen molar-refractivity contribution in [2.24, 2.45) is 4.99 Å². The number of nitrogens with zero attached hydrogens (tertiary/aromatic N) is 1. The fourth-order valence-corrected chi connectivity index (χ4v) is 4.84. The molecule has 2 aromatic carbocycles. The van der Waals surface area contributed by atoms with Gasteiger partial charge in [-0.3, -0.25) is 0 Å². The Morgan fingerprint density at radius 3 is 2.40 bits per heavy atom. The van der Waals surface area contributed by atoms with Crippen LogP contribution < -0.4 is 0 Å². The lowest BCUT2D eigenvalue weighted by atomic mass is 10.0. The van der Waals surface area contributed by atoms with Crippen LogP contribution >= 0.6 is 23.5 Å². The zero-order valence-corrected chi connectivity index (χ0v) is 16.4. The van der Waals surface area contributed by atoms with Gasteiger partial charge in [-0.1, -0.05) is 66.9 Å². The van der Waals surface area contributed by atoms with E-state index >= 15 is 0 Å². The van der Waals surface area contributed by atoms with Crippen molar-refractivity contribution >= 4 is 34.3 Å². The third kappa shape index (κ3) is 6.41. The van der Waals surface area contributed by atoms with Gasteiger partial charge >= 0.3 is 0 Å². The Labute approximate surface area is 160 Å². The Bertz CT molecular complexity index is 699. The summed E-state index contributed by atoms with van der Waals surface area (Å²) in [4.78, 5) is 6.16. The fourth-order valence-electron chi connectivity index (χ4n) is 2.87. The lowest BCUT2D eigenvalue weighted by Crippen LogP contribution is -2.10. The van der Waals surface area contributed by atoms with Gasteiger partial charge in [-0.15, -0.1) is 11.8 Å². The molecular weight excluding hydrogens is 342 g/mol. The van der Waals surface area contributed by atoms with Crippen LogP contribution in [0.25, 0.3) is 0 Å². The lowest BCUT2D eigenvalue weighted by molar-refractivity contribution is 0.517. The molecule has 1 aliphatic rings. The Hall–Kier alpha value is -1.45. The van der Waals surface area contributed by atoms with Crippen LogP contribution in [-0.4, -0.2) is 10.3 Å². The topological polar surface area (TPSA) is 12.4 Å². The maximum absolute atomic E-state index is 4.90. The number of benzene rings is 2. The largest absolute Gasteiger partial charge is 0.242 e. The van der Waals surface area contributed by atoms with Gasteiger partial charge in [0, 0.05) is 10.1 Å². The van der Waals surface area contributed by atoms with Crippen molar-refractivity contribution in [1.29, 1.82) is 0 Å². The fraction of sp³-hybridized carbons (Fsp3) is 0.318. The summed E-state index contributed by atoms with van der Waals surface area (Å²) in [5, 5.41) is 4.00. The summed E-state index contributed by atoms with van der Waals surface area (Å²) in [6.07, 6.45) is 8.92. The molecule has 0 bridgehead atoms. The molecule has 0 saturated heterocycles. The van der Waals surface area contributed by atoms with Gasteiger partial charge in [-0.25, -0.2) is 4.99 Å². The van der Waals surface area contributed by atoms with Gasteiger partial charge in [0.25, 0.3) is 0 Å². The van der Waals surface area contributed by atoms with Crippen LogP contribution in [0.1, 0.15) is 37.7 Å². The number of aliphatic imine (C=N–C) groups is 1. The molecule has 1 nitrogen and oxygen atoms in total. The summed E-state index contributed by atoms with van der Waals surface area (Å²) in [5.41, 5.74) is 2.31. The molecule has 0 heterocycles. The monoisotopic (exact) mass is 367 g/mol. The molecule has 130 valence electrons.